The summed E-state index contributed by atoms with van der Waals surface area (Å²) >= 11 is 0. The van der Waals surface area contributed by atoms with Crippen molar-refractivity contribution in [2.45, 2.75) is 26.4 Å². The molecule has 2 heterocycles. The number of methoxy groups -OCH3 is 1. The van der Waals surface area contributed by atoms with Crippen LogP contribution < -0.4 is 4.90 Å². The molecule has 21 heavy (non-hydrogen) atoms. The Morgan fingerprint density at radius 1 is 1.14 bits per heavy atom. The fourth-order valence-electron chi connectivity index (χ4n) is 2.71. The summed E-state index contributed by atoms with van der Waals surface area (Å²) in [6.45, 7) is 5.93. The number of nitrogens with zero attached hydrogens (tertiary/aromatic N) is 3. The Kier molecular flexibility index (Phi) is 3.88. The van der Waals surface area contributed by atoms with Gasteiger partial charge in [-0.2, -0.15) is 0 Å². The zero-order valence-corrected chi connectivity index (χ0v) is 12.8. The minimum Gasteiger partial charge on any atom is -0.380 e. The molecule has 0 bridgehead atoms. The highest BCUT2D eigenvalue weighted by molar-refractivity contribution is 5.63. The Hall–Kier alpha value is -1.94. The number of aryl methyl sites for hydroxylation is 2. The van der Waals surface area contributed by atoms with E-state index in [1.54, 1.807) is 7.11 Å². The lowest BCUT2D eigenvalue weighted by Crippen LogP contribution is -2.23. The Bertz CT molecular complexity index is 624. The summed E-state index contributed by atoms with van der Waals surface area (Å²) in [6.07, 6.45) is 1.36. The van der Waals surface area contributed by atoms with Gasteiger partial charge in [0.15, 0.2) is 0 Å². The van der Waals surface area contributed by atoms with E-state index in [1.807, 2.05) is 6.92 Å². The zero-order chi connectivity index (χ0) is 14.8. The number of benzene rings is 1. The quantitative estimate of drug-likeness (QED) is 0.868. The van der Waals surface area contributed by atoms with Crippen LogP contribution in [0.4, 0.5) is 5.82 Å². The summed E-state index contributed by atoms with van der Waals surface area (Å²) in [5.74, 6) is 1.81. The van der Waals surface area contributed by atoms with Crippen LogP contribution in [0.3, 0.4) is 0 Å². The molecule has 0 aliphatic carbocycles. The fourth-order valence-corrected chi connectivity index (χ4v) is 2.71. The van der Waals surface area contributed by atoms with Gasteiger partial charge in [-0.1, -0.05) is 29.8 Å². The van der Waals surface area contributed by atoms with Crippen LogP contribution in [0.25, 0.3) is 11.3 Å². The molecule has 0 N–H and O–H groups in total. The molecule has 1 fully saturated rings. The van der Waals surface area contributed by atoms with E-state index in [-0.39, 0.29) is 0 Å². The number of ether oxygens (including phenoxy) is 1. The van der Waals surface area contributed by atoms with Gasteiger partial charge in [-0.05, 0) is 20.3 Å². The molecule has 3 rings (SSSR count). The second kappa shape index (κ2) is 5.82. The topological polar surface area (TPSA) is 38.2 Å². The minimum absolute atomic E-state index is 0.308. The molecule has 1 saturated heterocycles. The van der Waals surface area contributed by atoms with Crippen molar-refractivity contribution in [2.75, 3.05) is 25.1 Å². The number of hydrogen-bond donors (Lipinski definition) is 0. The van der Waals surface area contributed by atoms with Gasteiger partial charge >= 0.3 is 0 Å². The van der Waals surface area contributed by atoms with Crippen molar-refractivity contribution >= 4 is 5.82 Å². The maximum Gasteiger partial charge on any atom is 0.132 e. The van der Waals surface area contributed by atoms with Crippen molar-refractivity contribution in [2.24, 2.45) is 0 Å². The Balaban J connectivity index is 1.91. The predicted octanol–water partition coefficient (Wildman–Crippen LogP) is 2.99. The van der Waals surface area contributed by atoms with E-state index in [0.717, 1.165) is 42.4 Å². The number of aromatic nitrogens is 2. The van der Waals surface area contributed by atoms with Crippen molar-refractivity contribution in [1.82, 2.24) is 9.97 Å². The molecule has 1 unspecified atom stereocenters. The molecular formula is C17H21N3O. The third kappa shape index (κ3) is 3.05. The van der Waals surface area contributed by atoms with Gasteiger partial charge in [0.05, 0.1) is 11.8 Å². The molecule has 0 spiro atoms. The largest absolute Gasteiger partial charge is 0.380 e. The molecule has 2 aromatic rings. The van der Waals surface area contributed by atoms with Crippen molar-refractivity contribution < 1.29 is 4.74 Å². The first-order valence-corrected chi connectivity index (χ1v) is 7.36. The summed E-state index contributed by atoms with van der Waals surface area (Å²) in [7, 11) is 1.77. The summed E-state index contributed by atoms with van der Waals surface area (Å²) in [6, 6.07) is 10.5. The first kappa shape index (κ1) is 14.0. The van der Waals surface area contributed by atoms with Crippen LogP contribution in [0.2, 0.25) is 0 Å². The van der Waals surface area contributed by atoms with E-state index in [2.05, 4.69) is 52.1 Å². The third-order valence-electron chi connectivity index (χ3n) is 3.97. The lowest BCUT2D eigenvalue weighted by atomic mass is 10.1. The number of anilines is 1. The smallest absolute Gasteiger partial charge is 0.132 e. The first-order chi connectivity index (χ1) is 10.2. The highest BCUT2D eigenvalue weighted by Crippen LogP contribution is 2.25. The van der Waals surface area contributed by atoms with Crippen molar-refractivity contribution in [3.63, 3.8) is 0 Å². The third-order valence-corrected chi connectivity index (χ3v) is 3.97. The van der Waals surface area contributed by atoms with Gasteiger partial charge in [0, 0.05) is 31.8 Å². The molecule has 1 atom stereocenters. The summed E-state index contributed by atoms with van der Waals surface area (Å²) in [5.41, 5.74) is 3.38. The molecular weight excluding hydrogens is 262 g/mol. The zero-order valence-electron chi connectivity index (χ0n) is 12.8. The SMILES string of the molecule is COC1CCN(c2cc(-c3ccc(C)cc3)nc(C)n2)C1. The molecule has 0 saturated carbocycles. The normalized spacial score (nSPS) is 18.2. The number of hydrogen-bond acceptors (Lipinski definition) is 4. The molecule has 0 radical (unpaired) electrons. The Morgan fingerprint density at radius 3 is 2.57 bits per heavy atom. The summed E-state index contributed by atoms with van der Waals surface area (Å²) in [5, 5.41) is 0. The van der Waals surface area contributed by atoms with E-state index in [0.29, 0.717) is 6.10 Å². The van der Waals surface area contributed by atoms with Crippen molar-refractivity contribution in [1.29, 1.82) is 0 Å². The van der Waals surface area contributed by atoms with E-state index in [4.69, 9.17) is 4.74 Å². The lowest BCUT2D eigenvalue weighted by molar-refractivity contribution is 0.121. The first-order valence-electron chi connectivity index (χ1n) is 7.36. The van der Waals surface area contributed by atoms with Crippen LogP contribution in [0.1, 0.15) is 17.8 Å². The average Bonchev–Trinajstić information content (AvgIpc) is 2.96. The van der Waals surface area contributed by atoms with Crippen LogP contribution >= 0.6 is 0 Å². The minimum atomic E-state index is 0.308. The maximum atomic E-state index is 5.44. The van der Waals surface area contributed by atoms with Crippen molar-refractivity contribution in [3.8, 4) is 11.3 Å². The van der Waals surface area contributed by atoms with Crippen molar-refractivity contribution in [3.05, 3.63) is 41.7 Å². The summed E-state index contributed by atoms with van der Waals surface area (Å²) in [4.78, 5) is 11.4. The number of rotatable bonds is 3. The van der Waals surface area contributed by atoms with E-state index in [9.17, 15) is 0 Å². The monoisotopic (exact) mass is 283 g/mol. The van der Waals surface area contributed by atoms with E-state index < -0.39 is 0 Å². The van der Waals surface area contributed by atoms with Gasteiger partial charge in [-0.3, -0.25) is 0 Å². The molecule has 1 aliphatic heterocycles. The molecule has 1 aliphatic rings. The highest BCUT2D eigenvalue weighted by Gasteiger charge is 2.23. The van der Waals surface area contributed by atoms with Gasteiger partial charge in [-0.25, -0.2) is 9.97 Å². The van der Waals surface area contributed by atoms with Crippen LogP contribution in [-0.4, -0.2) is 36.3 Å². The molecule has 4 nitrogen and oxygen atoms in total. The molecule has 1 aromatic heterocycles. The predicted molar refractivity (Wildman–Crippen MR) is 84.6 cm³/mol. The van der Waals surface area contributed by atoms with Gasteiger partial charge in [0.25, 0.3) is 0 Å². The van der Waals surface area contributed by atoms with Crippen LogP contribution in [-0.2, 0) is 4.74 Å². The van der Waals surface area contributed by atoms with Crippen LogP contribution in [0.15, 0.2) is 30.3 Å². The maximum absolute atomic E-state index is 5.44. The second-order valence-corrected chi connectivity index (χ2v) is 5.62. The van der Waals surface area contributed by atoms with E-state index in [1.165, 1.54) is 5.56 Å². The molecule has 0 amide bonds. The van der Waals surface area contributed by atoms with Gasteiger partial charge in [0.2, 0.25) is 0 Å². The average molecular weight is 283 g/mol. The van der Waals surface area contributed by atoms with Crippen LogP contribution in [0.5, 0.6) is 0 Å². The summed E-state index contributed by atoms with van der Waals surface area (Å²) < 4.78 is 5.44. The Morgan fingerprint density at radius 2 is 1.90 bits per heavy atom. The fraction of sp³-hybridized carbons (Fsp3) is 0.412. The highest BCUT2D eigenvalue weighted by atomic mass is 16.5. The standard InChI is InChI=1S/C17H21N3O/c1-12-4-6-14(7-5-12)16-10-17(19-13(2)18-16)20-9-8-15(11-20)21-3/h4-7,10,15H,8-9,11H2,1-3H3. The second-order valence-electron chi connectivity index (χ2n) is 5.62. The molecule has 110 valence electrons. The molecule has 1 aromatic carbocycles. The van der Waals surface area contributed by atoms with Gasteiger partial charge in [-0.15, -0.1) is 0 Å². The Labute approximate surface area is 125 Å². The van der Waals surface area contributed by atoms with E-state index >= 15 is 0 Å². The van der Waals surface area contributed by atoms with Crippen LogP contribution in [0, 0.1) is 13.8 Å². The van der Waals surface area contributed by atoms with Gasteiger partial charge < -0.3 is 9.64 Å². The molecule has 4 heteroatoms. The van der Waals surface area contributed by atoms with Gasteiger partial charge in [0.1, 0.15) is 11.6 Å². The lowest BCUT2D eigenvalue weighted by Gasteiger charge is -2.18.